The molecule has 0 aromatic carbocycles. The smallest absolute Gasteiger partial charge is 0.327 e. The minimum Gasteiger partial charge on any atom is -0.327 e. The van der Waals surface area contributed by atoms with Crippen LogP contribution >= 0.6 is 0 Å². The molecule has 0 aromatic rings. The minimum atomic E-state index is -4.71. The molecular weight excluding hydrogens is 264 g/mol. The van der Waals surface area contributed by atoms with Crippen LogP contribution in [0.1, 0.15) is 12.8 Å². The molecular formula is C8H14N4O5S. The van der Waals surface area contributed by atoms with Crippen LogP contribution in [0.5, 0.6) is 0 Å². The van der Waals surface area contributed by atoms with Crippen LogP contribution < -0.4 is 11.3 Å². The highest BCUT2D eigenvalue weighted by Gasteiger charge is 2.47. The number of hydrogen-bond acceptors (Lipinski definition) is 6. The fraction of sp³-hybridized carbons (Fsp3) is 0.625. The Hall–Kier alpha value is -1.36. The number of fused-ring (bicyclic) bond motifs is 2. The topological polar surface area (TPSA) is 125 Å². The summed E-state index contributed by atoms with van der Waals surface area (Å²) in [6, 6.07) is -1.34. The number of nitrogens with zero attached hydrogens (tertiary/aromatic N) is 2. The minimum absolute atomic E-state index is 0.305. The van der Waals surface area contributed by atoms with E-state index >= 15 is 0 Å². The van der Waals surface area contributed by atoms with Crippen LogP contribution in [0, 0.1) is 0 Å². The average Bonchev–Trinajstić information content (AvgIpc) is 2.52. The Kier molecular flexibility index (Phi) is 3.19. The number of nitrogens with two attached hydrogens (primary N) is 1. The third-order valence-corrected chi connectivity index (χ3v) is 3.43. The van der Waals surface area contributed by atoms with Gasteiger partial charge in [0, 0.05) is 12.2 Å². The van der Waals surface area contributed by atoms with Crippen LogP contribution in [-0.4, -0.2) is 47.6 Å². The first-order valence-corrected chi connectivity index (χ1v) is 6.62. The Morgan fingerprint density at radius 2 is 2.22 bits per heavy atom. The number of carbonyl (C=O) groups is 1. The first-order chi connectivity index (χ1) is 8.33. The molecule has 2 atom stereocenters. The predicted octanol–water partition coefficient (Wildman–Crippen LogP) is -1.03. The van der Waals surface area contributed by atoms with Gasteiger partial charge in [0.15, 0.2) is 0 Å². The number of rotatable bonds is 4. The molecule has 2 bridgehead atoms. The SMILES string of the molecule is C=C(NN)[C@@H]1CC[C@H]2CN1C(=O)N2OS(=O)(=O)O. The van der Waals surface area contributed by atoms with E-state index in [1.165, 1.54) is 4.90 Å². The number of hydroxylamine groups is 2. The number of nitrogens with one attached hydrogen (secondary N) is 1. The molecule has 2 saturated heterocycles. The summed E-state index contributed by atoms with van der Waals surface area (Å²) in [6.07, 6.45) is 1.12. The summed E-state index contributed by atoms with van der Waals surface area (Å²) in [7, 11) is -4.71. The van der Waals surface area contributed by atoms with E-state index in [2.05, 4.69) is 16.3 Å². The second-order valence-corrected chi connectivity index (χ2v) is 5.18. The monoisotopic (exact) mass is 278 g/mol. The van der Waals surface area contributed by atoms with Crippen molar-refractivity contribution in [2.75, 3.05) is 6.54 Å². The fourth-order valence-electron chi connectivity index (χ4n) is 2.29. The summed E-state index contributed by atoms with van der Waals surface area (Å²) in [6.45, 7) is 4.00. The lowest BCUT2D eigenvalue weighted by Crippen LogP contribution is -2.45. The molecule has 2 heterocycles. The molecule has 0 aromatic heterocycles. The van der Waals surface area contributed by atoms with Gasteiger partial charge >= 0.3 is 16.4 Å². The van der Waals surface area contributed by atoms with Gasteiger partial charge in [0.1, 0.15) is 0 Å². The van der Waals surface area contributed by atoms with E-state index in [0.717, 1.165) is 0 Å². The molecule has 102 valence electrons. The number of hydrogen-bond donors (Lipinski definition) is 3. The highest BCUT2D eigenvalue weighted by atomic mass is 32.3. The Bertz CT molecular complexity index is 478. The van der Waals surface area contributed by atoms with Gasteiger partial charge in [-0.3, -0.25) is 10.4 Å². The van der Waals surface area contributed by atoms with Gasteiger partial charge in [-0.2, -0.15) is 13.5 Å². The molecule has 0 radical (unpaired) electrons. The molecule has 2 aliphatic heterocycles. The molecule has 2 amide bonds. The van der Waals surface area contributed by atoms with Crippen molar-refractivity contribution in [3.05, 3.63) is 12.3 Å². The molecule has 0 saturated carbocycles. The van der Waals surface area contributed by atoms with E-state index in [4.69, 9.17) is 10.4 Å². The standard InChI is InChI=1S/C8H14N4O5S/c1-5(10-9)7-3-2-6-4-11(7)8(13)12(6)17-18(14,15)16/h6-7,10H,1-4,9H2,(H,14,15,16)/t6-,7-/m0/s1. The molecule has 4 N–H and O–H groups in total. The zero-order valence-corrected chi connectivity index (χ0v) is 10.3. The highest BCUT2D eigenvalue weighted by Crippen LogP contribution is 2.32. The summed E-state index contributed by atoms with van der Waals surface area (Å²) in [5, 5.41) is 0.680. The van der Waals surface area contributed by atoms with Gasteiger partial charge < -0.3 is 10.3 Å². The normalized spacial score (nSPS) is 27.6. The van der Waals surface area contributed by atoms with Crippen LogP contribution in [0.15, 0.2) is 12.3 Å². The van der Waals surface area contributed by atoms with E-state index < -0.39 is 22.5 Å². The van der Waals surface area contributed by atoms with Gasteiger partial charge in [-0.15, -0.1) is 4.28 Å². The van der Waals surface area contributed by atoms with Crippen molar-refractivity contribution in [1.29, 1.82) is 0 Å². The summed E-state index contributed by atoms with van der Waals surface area (Å²) in [5.41, 5.74) is 2.85. The van der Waals surface area contributed by atoms with Crippen molar-refractivity contribution in [1.82, 2.24) is 15.4 Å². The lowest BCUT2D eigenvalue weighted by molar-refractivity contribution is -0.0316. The second-order valence-electron chi connectivity index (χ2n) is 4.18. The molecule has 2 fully saturated rings. The van der Waals surface area contributed by atoms with E-state index in [1.807, 2.05) is 0 Å². The first-order valence-electron chi connectivity index (χ1n) is 5.25. The maximum atomic E-state index is 11.9. The predicted molar refractivity (Wildman–Crippen MR) is 59.8 cm³/mol. The fourth-order valence-corrected chi connectivity index (χ4v) is 2.68. The van der Waals surface area contributed by atoms with Crippen LogP contribution in [0.3, 0.4) is 0 Å². The Labute approximate surface area is 104 Å². The van der Waals surface area contributed by atoms with Crippen molar-refractivity contribution >= 4 is 16.4 Å². The largest absolute Gasteiger partial charge is 0.418 e. The van der Waals surface area contributed by atoms with Crippen molar-refractivity contribution in [3.63, 3.8) is 0 Å². The quantitative estimate of drug-likeness (QED) is 0.341. The Morgan fingerprint density at radius 3 is 2.78 bits per heavy atom. The van der Waals surface area contributed by atoms with Crippen LogP contribution in [0.25, 0.3) is 0 Å². The molecule has 18 heavy (non-hydrogen) atoms. The summed E-state index contributed by atoms with van der Waals surface area (Å²) in [4.78, 5) is 13.3. The maximum Gasteiger partial charge on any atom is 0.418 e. The van der Waals surface area contributed by atoms with Crippen LogP contribution in [0.2, 0.25) is 0 Å². The number of hydrazine groups is 1. The third kappa shape index (κ3) is 2.27. The summed E-state index contributed by atoms with van der Waals surface area (Å²) in [5.74, 6) is 5.25. The zero-order chi connectivity index (χ0) is 13.5. The molecule has 10 heteroatoms. The second kappa shape index (κ2) is 4.39. The highest BCUT2D eigenvalue weighted by molar-refractivity contribution is 7.80. The van der Waals surface area contributed by atoms with Gasteiger partial charge in [-0.05, 0) is 12.8 Å². The number of carbonyl (C=O) groups excluding carboxylic acids is 1. The molecule has 2 rings (SSSR count). The van der Waals surface area contributed by atoms with E-state index in [1.54, 1.807) is 0 Å². The lowest BCUT2D eigenvalue weighted by Gasteiger charge is -2.31. The molecule has 9 nitrogen and oxygen atoms in total. The van der Waals surface area contributed by atoms with E-state index in [0.29, 0.717) is 30.1 Å². The molecule has 0 spiro atoms. The molecule has 0 aliphatic carbocycles. The summed E-state index contributed by atoms with van der Waals surface area (Å²) < 4.78 is 34.2. The number of piperidine rings is 1. The first kappa shape index (κ1) is 13.1. The lowest BCUT2D eigenvalue weighted by atomic mass is 9.99. The Morgan fingerprint density at radius 1 is 1.56 bits per heavy atom. The van der Waals surface area contributed by atoms with E-state index in [-0.39, 0.29) is 6.04 Å². The maximum absolute atomic E-state index is 11.9. The van der Waals surface area contributed by atoms with Gasteiger partial charge in [0.25, 0.3) is 0 Å². The Balaban J connectivity index is 2.17. The van der Waals surface area contributed by atoms with E-state index in [9.17, 15) is 13.2 Å². The van der Waals surface area contributed by atoms with Gasteiger partial charge in [0.2, 0.25) is 0 Å². The zero-order valence-electron chi connectivity index (χ0n) is 9.44. The van der Waals surface area contributed by atoms with Crippen LogP contribution in [0.4, 0.5) is 4.79 Å². The third-order valence-electron chi connectivity index (χ3n) is 3.08. The molecule has 2 aliphatic rings. The van der Waals surface area contributed by atoms with Gasteiger partial charge in [0.05, 0.1) is 12.1 Å². The van der Waals surface area contributed by atoms with Gasteiger partial charge in [-0.1, -0.05) is 6.58 Å². The van der Waals surface area contributed by atoms with Crippen molar-refractivity contribution < 1.29 is 22.0 Å². The number of urea groups is 1. The summed E-state index contributed by atoms with van der Waals surface area (Å²) >= 11 is 0. The van der Waals surface area contributed by atoms with Crippen LogP contribution in [-0.2, 0) is 14.7 Å². The number of amides is 2. The van der Waals surface area contributed by atoms with Crippen molar-refractivity contribution in [3.8, 4) is 0 Å². The van der Waals surface area contributed by atoms with Gasteiger partial charge in [-0.25, -0.2) is 4.79 Å². The average molecular weight is 278 g/mol. The van der Waals surface area contributed by atoms with Crippen molar-refractivity contribution in [2.45, 2.75) is 24.9 Å². The van der Waals surface area contributed by atoms with Crippen molar-refractivity contribution in [2.24, 2.45) is 5.84 Å². The molecule has 0 unspecified atom stereocenters.